The molecule has 0 radical (unpaired) electrons. The van der Waals surface area contributed by atoms with Crippen LogP contribution in [0.3, 0.4) is 0 Å². The average molecular weight is 502 g/mol. The highest BCUT2D eigenvalue weighted by atomic mass is 35.5. The summed E-state index contributed by atoms with van der Waals surface area (Å²) >= 11 is 5.83. The maximum atomic E-state index is 13.3. The van der Waals surface area contributed by atoms with Crippen LogP contribution in [0.1, 0.15) is 63.5 Å². The van der Waals surface area contributed by atoms with Gasteiger partial charge in [-0.1, -0.05) is 11.6 Å². The Balaban J connectivity index is 1.54. The lowest BCUT2D eigenvalue weighted by Crippen LogP contribution is -2.44. The Bertz CT molecular complexity index is 1200. The van der Waals surface area contributed by atoms with E-state index in [-0.39, 0.29) is 28.2 Å². The minimum atomic E-state index is -0.644. The predicted molar refractivity (Wildman–Crippen MR) is 131 cm³/mol. The van der Waals surface area contributed by atoms with E-state index in [1.165, 1.54) is 12.1 Å². The number of aryl methyl sites for hydroxylation is 1. The van der Waals surface area contributed by atoms with Gasteiger partial charge in [0, 0.05) is 42.3 Å². The third-order valence-corrected chi connectivity index (χ3v) is 7.09. The van der Waals surface area contributed by atoms with Crippen LogP contribution in [0, 0.1) is 17.0 Å². The Morgan fingerprint density at radius 1 is 1.29 bits per heavy atom. The lowest BCUT2D eigenvalue weighted by Gasteiger charge is -2.34. The molecule has 1 saturated heterocycles. The van der Waals surface area contributed by atoms with Gasteiger partial charge in [0.2, 0.25) is 0 Å². The maximum Gasteiger partial charge on any atom is 0.289 e. The molecule has 1 aromatic carbocycles. The molecule has 0 spiro atoms. The molecule has 2 aromatic rings. The fraction of sp³-hybridized carbons (Fsp3) is 0.458. The summed E-state index contributed by atoms with van der Waals surface area (Å²) in [6.45, 7) is 3.73. The smallest absolute Gasteiger partial charge is 0.289 e. The van der Waals surface area contributed by atoms with E-state index in [1.54, 1.807) is 4.90 Å². The van der Waals surface area contributed by atoms with Gasteiger partial charge in [-0.25, -0.2) is 5.43 Å². The number of furan rings is 1. The molecule has 10 nitrogen and oxygen atoms in total. The van der Waals surface area contributed by atoms with Crippen LogP contribution < -0.4 is 5.43 Å². The third-order valence-electron chi connectivity index (χ3n) is 6.77. The van der Waals surface area contributed by atoms with E-state index in [1.807, 2.05) is 14.0 Å². The molecular weight excluding hydrogens is 474 g/mol. The number of fused-ring (bicyclic) bond motifs is 1. The highest BCUT2D eigenvalue weighted by Gasteiger charge is 2.32. The third kappa shape index (κ3) is 5.08. The molecule has 0 unspecified atom stereocenters. The number of nitrogens with zero attached hydrogens (tertiary/aromatic N) is 4. The molecule has 1 aliphatic heterocycles. The van der Waals surface area contributed by atoms with Crippen molar-refractivity contribution < 1.29 is 18.9 Å². The molecule has 1 aromatic heterocycles. The molecule has 2 amide bonds. The van der Waals surface area contributed by atoms with E-state index in [9.17, 15) is 19.7 Å². The fourth-order valence-corrected chi connectivity index (χ4v) is 4.86. The van der Waals surface area contributed by atoms with Crippen molar-refractivity contribution in [3.05, 3.63) is 61.5 Å². The standard InChI is InChI=1S/C24H28ClN5O5/c1-14-21-18(26-27-23(31)15-7-8-17(25)19(13-15)30(33)34)5-4-6-20(21)35-22(14)24(32)29(3)16-9-11-28(2)12-10-16/h7-8,13,16H,4-6,9-12H2,1-3H3,(H,27,31)/b26-18+. The number of hydrogen-bond acceptors (Lipinski definition) is 7. The fourth-order valence-electron chi connectivity index (χ4n) is 4.67. The molecule has 1 aliphatic carbocycles. The molecule has 2 heterocycles. The van der Waals surface area contributed by atoms with Crippen molar-refractivity contribution in [1.29, 1.82) is 0 Å². The number of piperidine rings is 1. The van der Waals surface area contributed by atoms with Gasteiger partial charge in [0.15, 0.2) is 5.76 Å². The molecule has 0 atom stereocenters. The number of benzene rings is 1. The summed E-state index contributed by atoms with van der Waals surface area (Å²) in [6, 6.07) is 3.98. The second kappa shape index (κ2) is 10.2. The van der Waals surface area contributed by atoms with Crippen LogP contribution in [0.2, 0.25) is 5.02 Å². The van der Waals surface area contributed by atoms with Crippen molar-refractivity contribution in [2.45, 2.75) is 45.1 Å². The molecule has 0 bridgehead atoms. The largest absolute Gasteiger partial charge is 0.455 e. The molecular formula is C24H28ClN5O5. The second-order valence-electron chi connectivity index (χ2n) is 9.08. The molecule has 0 saturated carbocycles. The zero-order valence-corrected chi connectivity index (χ0v) is 20.7. The summed E-state index contributed by atoms with van der Waals surface area (Å²) in [7, 11) is 3.90. The monoisotopic (exact) mass is 501 g/mol. The highest BCUT2D eigenvalue weighted by Crippen LogP contribution is 2.31. The van der Waals surface area contributed by atoms with E-state index in [4.69, 9.17) is 16.0 Å². The number of nitro groups is 1. The number of carbonyl (C=O) groups excluding carboxylic acids is 2. The predicted octanol–water partition coefficient (Wildman–Crippen LogP) is 3.79. The zero-order valence-electron chi connectivity index (χ0n) is 20.0. The second-order valence-corrected chi connectivity index (χ2v) is 9.49. The number of nitrogens with one attached hydrogen (secondary N) is 1. The zero-order chi connectivity index (χ0) is 25.3. The van der Waals surface area contributed by atoms with Gasteiger partial charge >= 0.3 is 0 Å². The van der Waals surface area contributed by atoms with E-state index in [2.05, 4.69) is 22.5 Å². The van der Waals surface area contributed by atoms with Gasteiger partial charge in [-0.3, -0.25) is 19.7 Å². The molecule has 186 valence electrons. The maximum absolute atomic E-state index is 13.3. The Labute approximate surface area is 208 Å². The van der Waals surface area contributed by atoms with E-state index in [0.717, 1.165) is 44.0 Å². The van der Waals surface area contributed by atoms with Gasteiger partial charge in [0.25, 0.3) is 17.5 Å². The Kier molecular flexibility index (Phi) is 7.23. The molecule has 1 N–H and O–H groups in total. The van der Waals surface area contributed by atoms with Crippen molar-refractivity contribution in [3.8, 4) is 0 Å². The molecule has 4 rings (SSSR count). The number of hydrogen-bond donors (Lipinski definition) is 1. The van der Waals surface area contributed by atoms with E-state index in [0.29, 0.717) is 35.6 Å². The number of amides is 2. The van der Waals surface area contributed by atoms with Crippen LogP contribution in [0.15, 0.2) is 27.7 Å². The summed E-state index contributed by atoms with van der Waals surface area (Å²) < 4.78 is 6.02. The van der Waals surface area contributed by atoms with Gasteiger partial charge in [0.1, 0.15) is 10.8 Å². The molecule has 11 heteroatoms. The highest BCUT2D eigenvalue weighted by molar-refractivity contribution is 6.32. The molecule has 1 fully saturated rings. The van der Waals surface area contributed by atoms with Gasteiger partial charge in [-0.15, -0.1) is 0 Å². The van der Waals surface area contributed by atoms with Crippen LogP contribution in [0.4, 0.5) is 5.69 Å². The van der Waals surface area contributed by atoms with Crippen molar-refractivity contribution in [3.63, 3.8) is 0 Å². The Hall–Kier alpha value is -3.24. The average Bonchev–Trinajstić information content (AvgIpc) is 3.19. The summed E-state index contributed by atoms with van der Waals surface area (Å²) in [4.78, 5) is 40.4. The normalized spacial score (nSPS) is 17.8. The van der Waals surface area contributed by atoms with Crippen LogP contribution in [-0.2, 0) is 6.42 Å². The van der Waals surface area contributed by atoms with E-state index < -0.39 is 10.8 Å². The summed E-state index contributed by atoms with van der Waals surface area (Å²) in [6.07, 6.45) is 3.88. The van der Waals surface area contributed by atoms with Crippen molar-refractivity contribution in [2.24, 2.45) is 5.10 Å². The van der Waals surface area contributed by atoms with Gasteiger partial charge < -0.3 is 14.2 Å². The molecule has 35 heavy (non-hydrogen) atoms. The Morgan fingerprint density at radius 3 is 2.69 bits per heavy atom. The Morgan fingerprint density at radius 2 is 2.00 bits per heavy atom. The summed E-state index contributed by atoms with van der Waals surface area (Å²) in [5, 5.41) is 15.4. The molecule has 2 aliphatic rings. The van der Waals surface area contributed by atoms with E-state index >= 15 is 0 Å². The van der Waals surface area contributed by atoms with Crippen LogP contribution >= 0.6 is 11.6 Å². The number of likely N-dealkylation sites (tertiary alicyclic amines) is 1. The first-order valence-electron chi connectivity index (χ1n) is 11.6. The van der Waals surface area contributed by atoms with Gasteiger partial charge in [-0.2, -0.15) is 5.10 Å². The minimum Gasteiger partial charge on any atom is -0.455 e. The first-order valence-corrected chi connectivity index (χ1v) is 11.9. The number of rotatable bonds is 5. The lowest BCUT2D eigenvalue weighted by atomic mass is 9.93. The lowest BCUT2D eigenvalue weighted by molar-refractivity contribution is -0.384. The topological polar surface area (TPSA) is 121 Å². The van der Waals surface area contributed by atoms with Crippen molar-refractivity contribution in [1.82, 2.24) is 15.2 Å². The van der Waals surface area contributed by atoms with Crippen molar-refractivity contribution >= 4 is 34.8 Å². The van der Waals surface area contributed by atoms with Gasteiger partial charge in [0.05, 0.1) is 10.6 Å². The first-order chi connectivity index (χ1) is 16.7. The summed E-state index contributed by atoms with van der Waals surface area (Å²) in [5.74, 6) is 0.252. The quantitative estimate of drug-likeness (QED) is 0.491. The van der Waals surface area contributed by atoms with Gasteiger partial charge in [-0.05, 0) is 64.9 Å². The van der Waals surface area contributed by atoms with Crippen molar-refractivity contribution in [2.75, 3.05) is 27.2 Å². The number of carbonyl (C=O) groups is 2. The summed E-state index contributed by atoms with van der Waals surface area (Å²) in [5.41, 5.74) is 4.27. The SMILES string of the molecule is Cc1c(C(=O)N(C)C2CCN(C)CC2)oc2c1/C(=N/NC(=O)c1ccc(Cl)c([N+](=O)[O-])c1)CCC2. The van der Waals surface area contributed by atoms with Crippen LogP contribution in [0.25, 0.3) is 0 Å². The first kappa shape index (κ1) is 24.9. The van der Waals surface area contributed by atoms with Crippen LogP contribution in [0.5, 0.6) is 0 Å². The number of halogens is 1. The van der Waals surface area contributed by atoms with Crippen LogP contribution in [-0.4, -0.2) is 65.5 Å². The number of hydrazone groups is 1. The number of nitro benzene ring substituents is 1. The minimum absolute atomic E-state index is 0.0498.